The first-order chi connectivity index (χ1) is 15.3. The normalized spacial score (nSPS) is 19.1. The summed E-state index contributed by atoms with van der Waals surface area (Å²) in [7, 11) is 0. The Bertz CT molecular complexity index is 1010. The lowest BCUT2D eigenvalue weighted by atomic mass is 9.85. The van der Waals surface area contributed by atoms with Crippen LogP contribution in [0.3, 0.4) is 0 Å². The van der Waals surface area contributed by atoms with Crippen LogP contribution < -0.4 is 0 Å². The van der Waals surface area contributed by atoms with Crippen LogP contribution in [0.2, 0.25) is 0 Å². The van der Waals surface area contributed by atoms with Crippen molar-refractivity contribution in [3.05, 3.63) is 101 Å². The Morgan fingerprint density at radius 3 is 2.22 bits per heavy atom. The molecular weight excluding hydrogens is 392 g/mol. The fourth-order valence-electron chi connectivity index (χ4n) is 4.85. The number of aromatic hydroxyl groups is 1. The van der Waals surface area contributed by atoms with Crippen molar-refractivity contribution >= 4 is 0 Å². The number of nitrogens with zero attached hydrogens (tertiary/aromatic N) is 2. The van der Waals surface area contributed by atoms with Gasteiger partial charge in [-0.25, -0.2) is 0 Å². The molecule has 1 aliphatic rings. The first-order valence-electron chi connectivity index (χ1n) is 11.7. The molecule has 0 spiro atoms. The third-order valence-electron chi connectivity index (χ3n) is 6.62. The van der Waals surface area contributed by atoms with Crippen molar-refractivity contribution in [2.45, 2.75) is 51.7 Å². The van der Waals surface area contributed by atoms with Gasteiger partial charge in [0.2, 0.25) is 0 Å². The van der Waals surface area contributed by atoms with Gasteiger partial charge >= 0.3 is 0 Å². The second kappa shape index (κ2) is 9.48. The number of phenolic OH excluding ortho intramolecular Hbond substituents is 1. The molecule has 1 aliphatic heterocycles. The monoisotopic (exact) mass is 428 g/mol. The molecule has 3 aromatic rings. The molecule has 3 heteroatoms. The zero-order valence-corrected chi connectivity index (χ0v) is 19.8. The van der Waals surface area contributed by atoms with E-state index in [4.69, 9.17) is 0 Å². The van der Waals surface area contributed by atoms with Gasteiger partial charge in [0.1, 0.15) is 5.75 Å². The second-order valence-corrected chi connectivity index (χ2v) is 10.2. The summed E-state index contributed by atoms with van der Waals surface area (Å²) in [6, 6.07) is 28.1. The number of piperazine rings is 1. The molecule has 0 bridgehead atoms. The SMILES string of the molecule is CC1CN(Cc2ccccc2)CCN1C(c1ccc(C(C)(C)C)cc1)c1cccc(O)c1. The van der Waals surface area contributed by atoms with Crippen LogP contribution in [0.25, 0.3) is 0 Å². The molecule has 2 atom stereocenters. The number of phenols is 1. The fourth-order valence-corrected chi connectivity index (χ4v) is 4.85. The fraction of sp³-hybridized carbons (Fsp3) is 0.379. The quantitative estimate of drug-likeness (QED) is 0.541. The Labute approximate surface area is 193 Å². The Morgan fingerprint density at radius 1 is 0.875 bits per heavy atom. The van der Waals surface area contributed by atoms with Gasteiger partial charge in [0, 0.05) is 32.2 Å². The Hall–Kier alpha value is -2.62. The standard InChI is InChI=1S/C29H36N2O/c1-22-20-30(21-23-9-6-5-7-10-23)17-18-31(22)28(25-11-8-12-27(32)19-25)24-13-15-26(16-14-24)29(2,3)4/h5-16,19,22,28,32H,17-18,20-21H2,1-4H3. The topological polar surface area (TPSA) is 26.7 Å². The van der Waals surface area contributed by atoms with E-state index in [-0.39, 0.29) is 11.5 Å². The summed E-state index contributed by atoms with van der Waals surface area (Å²) < 4.78 is 0. The number of hydrogen-bond donors (Lipinski definition) is 1. The van der Waals surface area contributed by atoms with E-state index in [0.29, 0.717) is 11.8 Å². The van der Waals surface area contributed by atoms with Crippen molar-refractivity contribution in [3.8, 4) is 5.75 Å². The first kappa shape index (κ1) is 22.6. The predicted molar refractivity (Wildman–Crippen MR) is 133 cm³/mol. The van der Waals surface area contributed by atoms with Crippen molar-refractivity contribution in [1.82, 2.24) is 9.80 Å². The number of hydrogen-bond acceptors (Lipinski definition) is 3. The molecule has 1 fully saturated rings. The van der Waals surface area contributed by atoms with Crippen LogP contribution in [-0.4, -0.2) is 40.6 Å². The van der Waals surface area contributed by atoms with Gasteiger partial charge in [0.15, 0.2) is 0 Å². The maximum Gasteiger partial charge on any atom is 0.115 e. The highest BCUT2D eigenvalue weighted by Gasteiger charge is 2.31. The molecular formula is C29H36N2O. The van der Waals surface area contributed by atoms with Crippen LogP contribution >= 0.6 is 0 Å². The average Bonchev–Trinajstić information content (AvgIpc) is 2.76. The van der Waals surface area contributed by atoms with Gasteiger partial charge in [-0.05, 0) is 46.7 Å². The van der Waals surface area contributed by atoms with Crippen molar-refractivity contribution in [3.63, 3.8) is 0 Å². The minimum atomic E-state index is 0.130. The molecule has 1 heterocycles. The molecule has 3 aromatic carbocycles. The highest BCUT2D eigenvalue weighted by molar-refractivity contribution is 5.38. The summed E-state index contributed by atoms with van der Waals surface area (Å²) in [4.78, 5) is 5.15. The highest BCUT2D eigenvalue weighted by Crippen LogP contribution is 2.34. The molecule has 2 unspecified atom stereocenters. The lowest BCUT2D eigenvalue weighted by molar-refractivity contribution is 0.0568. The average molecular weight is 429 g/mol. The van der Waals surface area contributed by atoms with Crippen LogP contribution in [0, 0.1) is 0 Å². The summed E-state index contributed by atoms with van der Waals surface area (Å²) in [6.07, 6.45) is 0. The van der Waals surface area contributed by atoms with E-state index in [0.717, 1.165) is 31.7 Å². The van der Waals surface area contributed by atoms with Crippen molar-refractivity contribution in [2.24, 2.45) is 0 Å². The van der Waals surface area contributed by atoms with Crippen LogP contribution in [0.5, 0.6) is 5.75 Å². The summed E-state index contributed by atoms with van der Waals surface area (Å²) in [5.74, 6) is 0.328. The molecule has 0 saturated carbocycles. The Morgan fingerprint density at radius 2 is 1.59 bits per heavy atom. The largest absolute Gasteiger partial charge is 0.508 e. The number of rotatable bonds is 5. The minimum absolute atomic E-state index is 0.130. The van der Waals surface area contributed by atoms with Crippen LogP contribution in [0.4, 0.5) is 0 Å². The molecule has 0 amide bonds. The molecule has 1 saturated heterocycles. The van der Waals surface area contributed by atoms with Gasteiger partial charge < -0.3 is 5.11 Å². The van der Waals surface area contributed by atoms with Crippen molar-refractivity contribution < 1.29 is 5.11 Å². The van der Waals surface area contributed by atoms with Crippen LogP contribution in [-0.2, 0) is 12.0 Å². The van der Waals surface area contributed by atoms with Gasteiger partial charge in [-0.3, -0.25) is 9.80 Å². The summed E-state index contributed by atoms with van der Waals surface area (Å²) in [5, 5.41) is 10.2. The van der Waals surface area contributed by atoms with E-state index >= 15 is 0 Å². The summed E-state index contributed by atoms with van der Waals surface area (Å²) in [5.41, 5.74) is 5.28. The zero-order valence-electron chi connectivity index (χ0n) is 19.8. The second-order valence-electron chi connectivity index (χ2n) is 10.2. The Balaban J connectivity index is 1.59. The molecule has 0 aromatic heterocycles. The molecule has 0 radical (unpaired) electrons. The summed E-state index contributed by atoms with van der Waals surface area (Å²) in [6.45, 7) is 13.1. The molecule has 1 N–H and O–H groups in total. The minimum Gasteiger partial charge on any atom is -0.508 e. The highest BCUT2D eigenvalue weighted by atomic mass is 16.3. The smallest absolute Gasteiger partial charge is 0.115 e. The molecule has 4 rings (SSSR count). The van der Waals surface area contributed by atoms with Crippen molar-refractivity contribution in [1.29, 1.82) is 0 Å². The predicted octanol–water partition coefficient (Wildman–Crippen LogP) is 5.99. The maximum absolute atomic E-state index is 10.2. The zero-order chi connectivity index (χ0) is 22.7. The third kappa shape index (κ3) is 5.23. The van der Waals surface area contributed by atoms with Crippen molar-refractivity contribution in [2.75, 3.05) is 19.6 Å². The molecule has 3 nitrogen and oxygen atoms in total. The molecule has 32 heavy (non-hydrogen) atoms. The van der Waals surface area contributed by atoms with E-state index in [1.54, 1.807) is 6.07 Å². The third-order valence-corrected chi connectivity index (χ3v) is 6.62. The van der Waals surface area contributed by atoms with Gasteiger partial charge in [-0.15, -0.1) is 0 Å². The lowest BCUT2D eigenvalue weighted by Crippen LogP contribution is -2.52. The van der Waals surface area contributed by atoms with E-state index in [9.17, 15) is 5.11 Å². The van der Waals surface area contributed by atoms with E-state index < -0.39 is 0 Å². The summed E-state index contributed by atoms with van der Waals surface area (Å²) >= 11 is 0. The first-order valence-corrected chi connectivity index (χ1v) is 11.7. The van der Waals surface area contributed by atoms with E-state index in [1.807, 2.05) is 12.1 Å². The number of benzene rings is 3. The van der Waals surface area contributed by atoms with Crippen LogP contribution in [0.1, 0.15) is 56.0 Å². The maximum atomic E-state index is 10.2. The van der Waals surface area contributed by atoms with Gasteiger partial charge in [-0.1, -0.05) is 87.5 Å². The van der Waals surface area contributed by atoms with Gasteiger partial charge in [0.05, 0.1) is 6.04 Å². The van der Waals surface area contributed by atoms with E-state index in [1.165, 1.54) is 16.7 Å². The Kier molecular flexibility index (Phi) is 6.68. The lowest BCUT2D eigenvalue weighted by Gasteiger charge is -2.44. The van der Waals surface area contributed by atoms with Gasteiger partial charge in [0.25, 0.3) is 0 Å². The molecule has 0 aliphatic carbocycles. The molecule has 168 valence electrons. The van der Waals surface area contributed by atoms with E-state index in [2.05, 4.69) is 98.2 Å². The van der Waals surface area contributed by atoms with Crippen LogP contribution in [0.15, 0.2) is 78.9 Å². The van der Waals surface area contributed by atoms with Gasteiger partial charge in [-0.2, -0.15) is 0 Å².